The van der Waals surface area contributed by atoms with Crippen LogP contribution in [0.1, 0.15) is 37.3 Å². The number of amides is 2. The number of rotatable bonds is 5. The fourth-order valence-corrected chi connectivity index (χ4v) is 2.92. The molecule has 2 amide bonds. The highest BCUT2D eigenvalue weighted by Crippen LogP contribution is 2.10. The van der Waals surface area contributed by atoms with E-state index in [0.29, 0.717) is 13.0 Å². The smallest absolute Gasteiger partial charge is 0.242 e. The molecule has 0 aliphatic carbocycles. The number of carbonyl (C=O) groups is 2. The Hall–Kier alpha value is -1.84. The van der Waals surface area contributed by atoms with Gasteiger partial charge in [-0.3, -0.25) is 9.59 Å². The lowest BCUT2D eigenvalue weighted by Crippen LogP contribution is -2.39. The highest BCUT2D eigenvalue weighted by Gasteiger charge is 2.23. The van der Waals surface area contributed by atoms with Crippen molar-refractivity contribution >= 4 is 11.8 Å². The third-order valence-corrected chi connectivity index (χ3v) is 4.09. The minimum atomic E-state index is 0.0863. The first-order valence-corrected chi connectivity index (χ1v) is 8.21. The van der Waals surface area contributed by atoms with E-state index in [9.17, 15) is 9.59 Å². The summed E-state index contributed by atoms with van der Waals surface area (Å²) in [6.45, 7) is 6.63. The summed E-state index contributed by atoms with van der Waals surface area (Å²) in [5.41, 5.74) is 2.40. The predicted octanol–water partition coefficient (Wildman–Crippen LogP) is 2.40. The van der Waals surface area contributed by atoms with E-state index in [1.807, 2.05) is 11.0 Å². The molecule has 1 aliphatic heterocycles. The number of nitrogens with zero attached hydrogens (tertiary/aromatic N) is 2. The van der Waals surface area contributed by atoms with Crippen molar-refractivity contribution < 1.29 is 9.59 Å². The minimum absolute atomic E-state index is 0.0863. The minimum Gasteiger partial charge on any atom is -0.341 e. The molecule has 1 fully saturated rings. The summed E-state index contributed by atoms with van der Waals surface area (Å²) in [7, 11) is 0. The molecule has 22 heavy (non-hydrogen) atoms. The molecule has 1 heterocycles. The molecule has 0 N–H and O–H groups in total. The van der Waals surface area contributed by atoms with Gasteiger partial charge in [-0.15, -0.1) is 0 Å². The van der Waals surface area contributed by atoms with Crippen LogP contribution in [0.5, 0.6) is 0 Å². The fourth-order valence-electron chi connectivity index (χ4n) is 2.92. The summed E-state index contributed by atoms with van der Waals surface area (Å²) in [6.07, 6.45) is 3.06. The summed E-state index contributed by atoms with van der Waals surface area (Å²) in [5, 5.41) is 0. The first kappa shape index (κ1) is 16.5. The van der Waals surface area contributed by atoms with E-state index >= 15 is 0 Å². The molecule has 0 radical (unpaired) electrons. The zero-order chi connectivity index (χ0) is 15.9. The standard InChI is InChI=1S/C18H26N2O2/c1-3-10-19-11-5-12-20(14-18(19)22)17(21)9-8-16-7-4-6-15(2)13-16/h4,6-7,13H,3,5,8-12,14H2,1-2H3. The van der Waals surface area contributed by atoms with Crippen LogP contribution in [0.2, 0.25) is 0 Å². The second-order valence-electron chi connectivity index (χ2n) is 6.04. The molecule has 1 aliphatic rings. The summed E-state index contributed by atoms with van der Waals surface area (Å²) in [4.78, 5) is 28.2. The van der Waals surface area contributed by atoms with E-state index in [1.54, 1.807) is 4.90 Å². The maximum Gasteiger partial charge on any atom is 0.242 e. The number of aryl methyl sites for hydroxylation is 2. The highest BCUT2D eigenvalue weighted by atomic mass is 16.2. The Labute approximate surface area is 133 Å². The Morgan fingerprint density at radius 1 is 1.27 bits per heavy atom. The monoisotopic (exact) mass is 302 g/mol. The van der Waals surface area contributed by atoms with Crippen LogP contribution < -0.4 is 0 Å². The quantitative estimate of drug-likeness (QED) is 0.838. The third-order valence-electron chi connectivity index (χ3n) is 4.09. The normalized spacial score (nSPS) is 15.8. The highest BCUT2D eigenvalue weighted by molar-refractivity contribution is 5.85. The fraction of sp³-hybridized carbons (Fsp3) is 0.556. The Morgan fingerprint density at radius 3 is 2.82 bits per heavy atom. The molecule has 0 unspecified atom stereocenters. The van der Waals surface area contributed by atoms with Crippen molar-refractivity contribution in [2.75, 3.05) is 26.2 Å². The van der Waals surface area contributed by atoms with Gasteiger partial charge in [-0.05, 0) is 31.7 Å². The molecule has 1 aromatic rings. The predicted molar refractivity (Wildman–Crippen MR) is 87.6 cm³/mol. The molecular weight excluding hydrogens is 276 g/mol. The van der Waals surface area contributed by atoms with E-state index in [-0.39, 0.29) is 18.4 Å². The molecule has 0 spiro atoms. The van der Waals surface area contributed by atoms with Crippen molar-refractivity contribution in [2.24, 2.45) is 0 Å². The average Bonchev–Trinajstić information content (AvgIpc) is 2.68. The Bertz CT molecular complexity index is 528. The first-order chi connectivity index (χ1) is 10.6. The van der Waals surface area contributed by atoms with Crippen LogP contribution in [0, 0.1) is 6.92 Å². The molecule has 4 heteroatoms. The zero-order valence-corrected chi connectivity index (χ0v) is 13.7. The van der Waals surface area contributed by atoms with Crippen LogP contribution in [0.25, 0.3) is 0 Å². The van der Waals surface area contributed by atoms with Gasteiger partial charge in [0.2, 0.25) is 11.8 Å². The van der Waals surface area contributed by atoms with Crippen LogP contribution in [0.4, 0.5) is 0 Å². The third kappa shape index (κ3) is 4.58. The van der Waals surface area contributed by atoms with Gasteiger partial charge in [0.1, 0.15) is 0 Å². The van der Waals surface area contributed by atoms with Crippen LogP contribution >= 0.6 is 0 Å². The number of carbonyl (C=O) groups excluding carboxylic acids is 2. The van der Waals surface area contributed by atoms with Crippen molar-refractivity contribution in [3.05, 3.63) is 35.4 Å². The van der Waals surface area contributed by atoms with Crippen molar-refractivity contribution in [3.63, 3.8) is 0 Å². The van der Waals surface area contributed by atoms with E-state index in [2.05, 4.69) is 32.0 Å². The second kappa shape index (κ2) is 7.97. The lowest BCUT2D eigenvalue weighted by atomic mass is 10.1. The zero-order valence-electron chi connectivity index (χ0n) is 13.7. The second-order valence-corrected chi connectivity index (χ2v) is 6.04. The van der Waals surface area contributed by atoms with E-state index in [0.717, 1.165) is 32.4 Å². The van der Waals surface area contributed by atoms with Crippen molar-refractivity contribution in [1.82, 2.24) is 9.80 Å². The lowest BCUT2D eigenvalue weighted by Gasteiger charge is -2.21. The van der Waals surface area contributed by atoms with E-state index < -0.39 is 0 Å². The number of hydrogen-bond acceptors (Lipinski definition) is 2. The van der Waals surface area contributed by atoms with Crippen LogP contribution in [-0.4, -0.2) is 47.8 Å². The Morgan fingerprint density at radius 2 is 2.09 bits per heavy atom. The summed E-state index contributed by atoms with van der Waals surface area (Å²) in [5.74, 6) is 0.177. The van der Waals surface area contributed by atoms with Crippen molar-refractivity contribution in [1.29, 1.82) is 0 Å². The molecule has 120 valence electrons. The summed E-state index contributed by atoms with van der Waals surface area (Å²) < 4.78 is 0. The maximum absolute atomic E-state index is 12.4. The van der Waals surface area contributed by atoms with Crippen LogP contribution in [-0.2, 0) is 16.0 Å². The first-order valence-electron chi connectivity index (χ1n) is 8.21. The van der Waals surface area contributed by atoms with Gasteiger partial charge in [-0.25, -0.2) is 0 Å². The van der Waals surface area contributed by atoms with Crippen molar-refractivity contribution in [3.8, 4) is 0 Å². The van der Waals surface area contributed by atoms with Crippen LogP contribution in [0.15, 0.2) is 24.3 Å². The molecule has 0 saturated carbocycles. The Balaban J connectivity index is 1.88. The Kier molecular flexibility index (Phi) is 5.99. The number of hydrogen-bond donors (Lipinski definition) is 0. The number of benzene rings is 1. The molecule has 1 aromatic carbocycles. The average molecular weight is 302 g/mol. The van der Waals surface area contributed by atoms with Gasteiger partial charge in [0.15, 0.2) is 0 Å². The van der Waals surface area contributed by atoms with E-state index in [4.69, 9.17) is 0 Å². The molecule has 2 rings (SSSR count). The molecule has 0 aromatic heterocycles. The lowest BCUT2D eigenvalue weighted by molar-refractivity contribution is -0.138. The topological polar surface area (TPSA) is 40.6 Å². The molecule has 4 nitrogen and oxygen atoms in total. The molecule has 0 bridgehead atoms. The van der Waals surface area contributed by atoms with Gasteiger partial charge in [-0.2, -0.15) is 0 Å². The van der Waals surface area contributed by atoms with Gasteiger partial charge in [0.05, 0.1) is 6.54 Å². The van der Waals surface area contributed by atoms with Gasteiger partial charge >= 0.3 is 0 Å². The van der Waals surface area contributed by atoms with Crippen LogP contribution in [0.3, 0.4) is 0 Å². The van der Waals surface area contributed by atoms with E-state index in [1.165, 1.54) is 11.1 Å². The summed E-state index contributed by atoms with van der Waals surface area (Å²) >= 11 is 0. The maximum atomic E-state index is 12.4. The summed E-state index contributed by atoms with van der Waals surface area (Å²) in [6, 6.07) is 8.25. The van der Waals surface area contributed by atoms with Gasteiger partial charge in [-0.1, -0.05) is 36.8 Å². The molecular formula is C18H26N2O2. The largest absolute Gasteiger partial charge is 0.341 e. The van der Waals surface area contributed by atoms with Crippen molar-refractivity contribution in [2.45, 2.75) is 39.5 Å². The molecule has 0 atom stereocenters. The van der Waals surface area contributed by atoms with Gasteiger partial charge in [0.25, 0.3) is 0 Å². The SMILES string of the molecule is CCCN1CCCN(C(=O)CCc2cccc(C)c2)CC1=O. The van der Waals surface area contributed by atoms with Gasteiger partial charge < -0.3 is 9.80 Å². The molecule has 1 saturated heterocycles. The van der Waals surface area contributed by atoms with Gasteiger partial charge in [0, 0.05) is 26.1 Å².